The summed E-state index contributed by atoms with van der Waals surface area (Å²) in [6.07, 6.45) is 5.88. The molecule has 0 bridgehead atoms. The highest BCUT2D eigenvalue weighted by atomic mass is 16.5. The number of likely N-dealkylation sites (tertiary alicyclic amines) is 1. The zero-order chi connectivity index (χ0) is 19.5. The number of amides is 1. The molecule has 1 amide bonds. The monoisotopic (exact) mass is 376 g/mol. The minimum Gasteiger partial charge on any atom is -0.497 e. The van der Waals surface area contributed by atoms with Gasteiger partial charge in [0.2, 0.25) is 0 Å². The van der Waals surface area contributed by atoms with Crippen molar-refractivity contribution in [3.8, 4) is 17.2 Å². The summed E-state index contributed by atoms with van der Waals surface area (Å²) in [5.74, 6) is 1.56. The van der Waals surface area contributed by atoms with Crippen molar-refractivity contribution in [2.24, 2.45) is 0 Å². The van der Waals surface area contributed by atoms with Crippen LogP contribution in [0.2, 0.25) is 0 Å². The summed E-state index contributed by atoms with van der Waals surface area (Å²) in [6, 6.07) is 17.5. The molecule has 0 spiro atoms. The lowest BCUT2D eigenvalue weighted by molar-refractivity contribution is 0.0734. The lowest BCUT2D eigenvalue weighted by Crippen LogP contribution is -2.30. The van der Waals surface area contributed by atoms with Crippen LogP contribution in [0.1, 0.15) is 34.8 Å². The van der Waals surface area contributed by atoms with Gasteiger partial charge in [-0.1, -0.05) is 0 Å². The Labute approximate surface area is 165 Å². The summed E-state index contributed by atoms with van der Waals surface area (Å²) in [5, 5.41) is 0. The lowest BCUT2D eigenvalue weighted by Gasteiger charge is -2.26. The highest BCUT2D eigenvalue weighted by Gasteiger charge is 2.32. The third kappa shape index (κ3) is 3.36. The molecule has 5 nitrogen and oxygen atoms in total. The van der Waals surface area contributed by atoms with Crippen LogP contribution in [0.3, 0.4) is 0 Å². The van der Waals surface area contributed by atoms with Gasteiger partial charge in [-0.2, -0.15) is 0 Å². The van der Waals surface area contributed by atoms with E-state index in [0.29, 0.717) is 5.56 Å². The summed E-state index contributed by atoms with van der Waals surface area (Å²) in [5.41, 5.74) is 2.77. The van der Waals surface area contributed by atoms with E-state index in [2.05, 4.69) is 0 Å². The zero-order valence-corrected chi connectivity index (χ0v) is 16.2. The molecule has 0 saturated carbocycles. The van der Waals surface area contributed by atoms with Gasteiger partial charge in [0.1, 0.15) is 11.5 Å². The van der Waals surface area contributed by atoms with Crippen LogP contribution in [0.4, 0.5) is 0 Å². The van der Waals surface area contributed by atoms with Gasteiger partial charge in [-0.3, -0.25) is 4.79 Å². The molecule has 3 aromatic rings. The fraction of sp³-hybridized carbons (Fsp3) is 0.261. The van der Waals surface area contributed by atoms with Crippen LogP contribution < -0.4 is 9.47 Å². The predicted octanol–water partition coefficient (Wildman–Crippen LogP) is 4.47. The summed E-state index contributed by atoms with van der Waals surface area (Å²) < 4.78 is 12.9. The Morgan fingerprint density at radius 3 is 2.43 bits per heavy atom. The number of carbonyl (C=O) groups is 1. The van der Waals surface area contributed by atoms with Gasteiger partial charge >= 0.3 is 0 Å². The van der Waals surface area contributed by atoms with Crippen molar-refractivity contribution in [1.82, 2.24) is 9.47 Å². The van der Waals surface area contributed by atoms with E-state index in [-0.39, 0.29) is 11.9 Å². The zero-order valence-electron chi connectivity index (χ0n) is 16.2. The fourth-order valence-electron chi connectivity index (χ4n) is 3.88. The Morgan fingerprint density at radius 2 is 1.75 bits per heavy atom. The first-order chi connectivity index (χ1) is 13.7. The Hall–Kier alpha value is -3.21. The van der Waals surface area contributed by atoms with Crippen LogP contribution in [0.15, 0.2) is 67.0 Å². The molecule has 1 atom stereocenters. The van der Waals surface area contributed by atoms with E-state index >= 15 is 0 Å². The predicted molar refractivity (Wildman–Crippen MR) is 108 cm³/mol. The number of carbonyl (C=O) groups excluding carboxylic acids is 1. The average Bonchev–Trinajstić information content (AvgIpc) is 3.45. The number of ether oxygens (including phenoxy) is 2. The molecule has 2 aromatic carbocycles. The summed E-state index contributed by atoms with van der Waals surface area (Å²) in [7, 11) is 3.29. The van der Waals surface area contributed by atoms with Gasteiger partial charge < -0.3 is 18.9 Å². The molecule has 28 heavy (non-hydrogen) atoms. The van der Waals surface area contributed by atoms with Gasteiger partial charge in [-0.25, -0.2) is 0 Å². The minimum atomic E-state index is 0.0116. The second kappa shape index (κ2) is 7.80. The number of benzene rings is 2. The van der Waals surface area contributed by atoms with Crippen LogP contribution in [0.5, 0.6) is 11.5 Å². The van der Waals surface area contributed by atoms with Crippen LogP contribution in [-0.2, 0) is 0 Å². The van der Waals surface area contributed by atoms with Crippen molar-refractivity contribution >= 4 is 5.91 Å². The molecule has 1 saturated heterocycles. The molecule has 0 radical (unpaired) electrons. The van der Waals surface area contributed by atoms with E-state index in [1.165, 1.54) is 0 Å². The van der Waals surface area contributed by atoms with Crippen molar-refractivity contribution in [3.63, 3.8) is 0 Å². The maximum Gasteiger partial charge on any atom is 0.254 e. The van der Waals surface area contributed by atoms with Gasteiger partial charge in [0.25, 0.3) is 5.91 Å². The van der Waals surface area contributed by atoms with Crippen molar-refractivity contribution in [2.45, 2.75) is 18.9 Å². The third-order valence-corrected chi connectivity index (χ3v) is 5.33. The van der Waals surface area contributed by atoms with Crippen molar-refractivity contribution < 1.29 is 14.3 Å². The van der Waals surface area contributed by atoms with E-state index in [1.54, 1.807) is 14.2 Å². The lowest BCUT2D eigenvalue weighted by atomic mass is 10.0. The highest BCUT2D eigenvalue weighted by molar-refractivity contribution is 5.95. The Kier molecular flexibility index (Phi) is 5.06. The van der Waals surface area contributed by atoms with Crippen molar-refractivity contribution in [1.29, 1.82) is 0 Å². The number of hydrogen-bond acceptors (Lipinski definition) is 3. The SMILES string of the molecule is COc1ccc(C2CCCN2C(=O)c2ccc(-n3cccc3)cc2)c(OC)c1. The van der Waals surface area contributed by atoms with E-state index < -0.39 is 0 Å². The van der Waals surface area contributed by atoms with Gasteiger partial charge in [0.05, 0.1) is 20.3 Å². The highest BCUT2D eigenvalue weighted by Crippen LogP contribution is 2.39. The molecular weight excluding hydrogens is 352 g/mol. The number of aromatic nitrogens is 1. The smallest absolute Gasteiger partial charge is 0.254 e. The van der Waals surface area contributed by atoms with Gasteiger partial charge in [-0.15, -0.1) is 0 Å². The maximum absolute atomic E-state index is 13.2. The van der Waals surface area contributed by atoms with Crippen molar-refractivity contribution in [2.75, 3.05) is 20.8 Å². The van der Waals surface area contributed by atoms with Crippen LogP contribution in [0.25, 0.3) is 5.69 Å². The van der Waals surface area contributed by atoms with Gasteiger partial charge in [0.15, 0.2) is 0 Å². The number of nitrogens with zero attached hydrogens (tertiary/aromatic N) is 2. The normalized spacial score (nSPS) is 16.2. The number of methoxy groups -OCH3 is 2. The molecule has 0 N–H and O–H groups in total. The third-order valence-electron chi connectivity index (χ3n) is 5.33. The quantitative estimate of drug-likeness (QED) is 0.660. The van der Waals surface area contributed by atoms with E-state index in [9.17, 15) is 4.79 Å². The average molecular weight is 376 g/mol. The Morgan fingerprint density at radius 1 is 1.00 bits per heavy atom. The van der Waals surface area contributed by atoms with Gasteiger partial charge in [-0.05, 0) is 61.4 Å². The molecule has 1 aliphatic heterocycles. The largest absolute Gasteiger partial charge is 0.497 e. The standard InChI is InChI=1S/C23H24N2O3/c1-27-19-11-12-20(22(16-19)28-2)21-6-5-15-25(21)23(26)17-7-9-18(10-8-17)24-13-3-4-14-24/h3-4,7-14,16,21H,5-6,15H2,1-2H3. The first-order valence-electron chi connectivity index (χ1n) is 9.47. The molecule has 1 fully saturated rings. The number of rotatable bonds is 5. The van der Waals surface area contributed by atoms with E-state index in [0.717, 1.165) is 42.1 Å². The summed E-state index contributed by atoms with van der Waals surface area (Å²) in [4.78, 5) is 15.2. The summed E-state index contributed by atoms with van der Waals surface area (Å²) >= 11 is 0. The summed E-state index contributed by atoms with van der Waals surface area (Å²) in [6.45, 7) is 0.748. The first kappa shape index (κ1) is 18.2. The molecule has 1 aromatic heterocycles. The second-order valence-corrected chi connectivity index (χ2v) is 6.90. The topological polar surface area (TPSA) is 43.7 Å². The maximum atomic E-state index is 13.2. The van der Waals surface area contributed by atoms with Crippen LogP contribution in [-0.4, -0.2) is 36.1 Å². The van der Waals surface area contributed by atoms with Gasteiger partial charge in [0, 0.05) is 41.8 Å². The molecule has 4 rings (SSSR count). The van der Waals surface area contributed by atoms with Crippen LogP contribution in [0, 0.1) is 0 Å². The molecular formula is C23H24N2O3. The van der Waals surface area contributed by atoms with E-state index in [4.69, 9.17) is 9.47 Å². The first-order valence-corrected chi connectivity index (χ1v) is 9.47. The Bertz CT molecular complexity index is 948. The van der Waals surface area contributed by atoms with Crippen molar-refractivity contribution in [3.05, 3.63) is 78.1 Å². The molecule has 1 unspecified atom stereocenters. The fourth-order valence-corrected chi connectivity index (χ4v) is 3.88. The van der Waals surface area contributed by atoms with Crippen LogP contribution >= 0.6 is 0 Å². The number of hydrogen-bond donors (Lipinski definition) is 0. The van der Waals surface area contributed by atoms with E-state index in [1.807, 2.05) is 76.5 Å². The molecule has 5 heteroatoms. The molecule has 1 aliphatic rings. The molecule has 2 heterocycles. The Balaban J connectivity index is 1.59. The molecule has 144 valence electrons. The minimum absolute atomic E-state index is 0.0116. The second-order valence-electron chi connectivity index (χ2n) is 6.90. The molecule has 0 aliphatic carbocycles.